The number of sulfonamides is 1. The number of aromatic nitrogens is 1. The summed E-state index contributed by atoms with van der Waals surface area (Å²) in [5, 5.41) is 3.75. The Labute approximate surface area is 150 Å². The van der Waals surface area contributed by atoms with Crippen molar-refractivity contribution < 1.29 is 22.5 Å². The normalized spacial score (nSPS) is 20.7. The molecule has 9 heteroatoms. The van der Waals surface area contributed by atoms with Gasteiger partial charge in [-0.25, -0.2) is 4.79 Å². The van der Waals surface area contributed by atoms with E-state index >= 15 is 0 Å². The molecule has 2 aliphatic rings. The SMILES string of the molecule is Cc1cc(COC(=O)[C@H]2CCCN2C2=NS(=O)(=O)c3ccccc32)on1. The molecule has 8 nitrogen and oxygen atoms in total. The average Bonchev–Trinajstić information content (AvgIpc) is 3.31. The number of rotatable bonds is 3. The van der Waals surface area contributed by atoms with Crippen LogP contribution in [0.1, 0.15) is 29.9 Å². The van der Waals surface area contributed by atoms with E-state index in [1.165, 1.54) is 6.07 Å². The highest BCUT2D eigenvalue weighted by molar-refractivity contribution is 7.90. The largest absolute Gasteiger partial charge is 0.456 e. The molecule has 0 amide bonds. The van der Waals surface area contributed by atoms with Gasteiger partial charge >= 0.3 is 5.97 Å². The minimum Gasteiger partial charge on any atom is -0.456 e. The first-order valence-electron chi connectivity index (χ1n) is 8.25. The molecule has 0 spiro atoms. The predicted octanol–water partition coefficient (Wildman–Crippen LogP) is 1.64. The highest BCUT2D eigenvalue weighted by Crippen LogP contribution is 2.31. The number of ether oxygens (including phenoxy) is 1. The van der Waals surface area contributed by atoms with E-state index in [1.54, 1.807) is 36.1 Å². The maximum absolute atomic E-state index is 12.5. The van der Waals surface area contributed by atoms with E-state index in [1.807, 2.05) is 0 Å². The van der Waals surface area contributed by atoms with Crippen molar-refractivity contribution in [3.05, 3.63) is 47.3 Å². The molecule has 0 unspecified atom stereocenters. The van der Waals surface area contributed by atoms with Crippen molar-refractivity contribution in [2.75, 3.05) is 6.54 Å². The number of hydrogen-bond donors (Lipinski definition) is 0. The number of esters is 1. The van der Waals surface area contributed by atoms with Crippen LogP contribution in [-0.4, -0.2) is 42.9 Å². The van der Waals surface area contributed by atoms with Crippen molar-refractivity contribution in [1.82, 2.24) is 10.1 Å². The van der Waals surface area contributed by atoms with Crippen LogP contribution in [0.25, 0.3) is 0 Å². The first-order valence-corrected chi connectivity index (χ1v) is 9.69. The smallest absolute Gasteiger partial charge is 0.329 e. The van der Waals surface area contributed by atoms with Gasteiger partial charge in [-0.15, -0.1) is 4.40 Å². The van der Waals surface area contributed by atoms with Crippen LogP contribution in [0, 0.1) is 6.92 Å². The van der Waals surface area contributed by atoms with Gasteiger partial charge in [0.1, 0.15) is 10.9 Å². The fourth-order valence-corrected chi connectivity index (χ4v) is 4.50. The summed E-state index contributed by atoms with van der Waals surface area (Å²) in [6.45, 7) is 2.32. The van der Waals surface area contributed by atoms with Gasteiger partial charge < -0.3 is 14.2 Å². The van der Waals surface area contributed by atoms with Crippen LogP contribution in [0.4, 0.5) is 0 Å². The molecule has 0 bridgehead atoms. The Bertz CT molecular complexity index is 995. The number of fused-ring (bicyclic) bond motifs is 1. The number of hydrogen-bond acceptors (Lipinski definition) is 7. The molecule has 1 fully saturated rings. The van der Waals surface area contributed by atoms with Gasteiger partial charge in [0, 0.05) is 18.2 Å². The third-order valence-electron chi connectivity index (χ3n) is 4.44. The van der Waals surface area contributed by atoms with Gasteiger partial charge in [-0.05, 0) is 31.9 Å². The van der Waals surface area contributed by atoms with E-state index in [-0.39, 0.29) is 11.5 Å². The van der Waals surface area contributed by atoms with Crippen LogP contribution in [0.3, 0.4) is 0 Å². The average molecular weight is 375 g/mol. The lowest BCUT2D eigenvalue weighted by Crippen LogP contribution is -2.41. The Morgan fingerprint density at radius 1 is 1.38 bits per heavy atom. The summed E-state index contributed by atoms with van der Waals surface area (Å²) in [6.07, 6.45) is 1.33. The van der Waals surface area contributed by atoms with Gasteiger partial charge in [-0.3, -0.25) is 0 Å². The Hall–Kier alpha value is -2.68. The number of nitrogens with zero attached hydrogens (tertiary/aromatic N) is 3. The Morgan fingerprint density at radius 2 is 2.19 bits per heavy atom. The molecule has 0 radical (unpaired) electrons. The zero-order chi connectivity index (χ0) is 18.3. The number of carbonyl (C=O) groups excluding carboxylic acids is 1. The molecule has 2 aromatic rings. The highest BCUT2D eigenvalue weighted by atomic mass is 32.2. The number of aryl methyl sites for hydroxylation is 1. The van der Waals surface area contributed by atoms with Crippen LogP contribution in [-0.2, 0) is 26.2 Å². The van der Waals surface area contributed by atoms with E-state index in [0.717, 1.165) is 6.42 Å². The molecule has 1 aromatic carbocycles. The van der Waals surface area contributed by atoms with Crippen LogP contribution in [0.2, 0.25) is 0 Å². The third kappa shape index (κ3) is 2.88. The van der Waals surface area contributed by atoms with E-state index in [0.29, 0.717) is 35.8 Å². The Morgan fingerprint density at radius 3 is 2.96 bits per heavy atom. The van der Waals surface area contributed by atoms with Crippen molar-refractivity contribution in [2.45, 2.75) is 37.3 Å². The molecule has 0 saturated carbocycles. The second kappa shape index (κ2) is 6.24. The highest BCUT2D eigenvalue weighted by Gasteiger charge is 2.39. The summed E-state index contributed by atoms with van der Waals surface area (Å²) in [4.78, 5) is 14.4. The quantitative estimate of drug-likeness (QED) is 0.752. The van der Waals surface area contributed by atoms with E-state index < -0.39 is 22.0 Å². The summed E-state index contributed by atoms with van der Waals surface area (Å²) >= 11 is 0. The van der Waals surface area contributed by atoms with Gasteiger partial charge in [0.05, 0.1) is 5.69 Å². The molecule has 1 saturated heterocycles. The molecule has 2 aliphatic heterocycles. The predicted molar refractivity (Wildman–Crippen MR) is 90.9 cm³/mol. The summed E-state index contributed by atoms with van der Waals surface area (Å²) in [6, 6.07) is 7.77. The summed E-state index contributed by atoms with van der Waals surface area (Å²) in [5.74, 6) is 0.350. The molecular formula is C17H17N3O5S. The van der Waals surface area contributed by atoms with Gasteiger partial charge in [-0.1, -0.05) is 17.3 Å². The van der Waals surface area contributed by atoms with Crippen LogP contribution < -0.4 is 0 Å². The topological polar surface area (TPSA) is 102 Å². The van der Waals surface area contributed by atoms with Gasteiger partial charge in [0.2, 0.25) is 0 Å². The lowest BCUT2D eigenvalue weighted by atomic mass is 10.1. The Kier molecular flexibility index (Phi) is 4.03. The van der Waals surface area contributed by atoms with Crippen LogP contribution in [0.15, 0.2) is 44.1 Å². The summed E-state index contributed by atoms with van der Waals surface area (Å²) in [5.41, 5.74) is 1.23. The third-order valence-corrected chi connectivity index (χ3v) is 5.77. The second-order valence-electron chi connectivity index (χ2n) is 6.28. The molecule has 0 N–H and O–H groups in total. The first-order chi connectivity index (χ1) is 12.5. The molecule has 0 aliphatic carbocycles. The van der Waals surface area contributed by atoms with Crippen molar-refractivity contribution in [2.24, 2.45) is 4.40 Å². The molecule has 1 aromatic heterocycles. The molecular weight excluding hydrogens is 358 g/mol. The number of benzene rings is 1. The fraction of sp³-hybridized carbons (Fsp3) is 0.353. The second-order valence-corrected chi connectivity index (χ2v) is 7.85. The number of likely N-dealkylation sites (tertiary alicyclic amines) is 1. The molecule has 3 heterocycles. The summed E-state index contributed by atoms with van der Waals surface area (Å²) < 4.78 is 38.8. The first kappa shape index (κ1) is 16.8. The zero-order valence-corrected chi connectivity index (χ0v) is 14.9. The lowest BCUT2D eigenvalue weighted by molar-refractivity contribution is -0.149. The van der Waals surface area contributed by atoms with Crippen molar-refractivity contribution in [3.8, 4) is 0 Å². The fourth-order valence-electron chi connectivity index (χ4n) is 3.28. The maximum atomic E-state index is 12.5. The van der Waals surface area contributed by atoms with Gasteiger partial charge in [0.25, 0.3) is 10.0 Å². The van der Waals surface area contributed by atoms with Crippen LogP contribution in [0.5, 0.6) is 0 Å². The minimum absolute atomic E-state index is 0.00856. The van der Waals surface area contributed by atoms with E-state index in [4.69, 9.17) is 9.26 Å². The lowest BCUT2D eigenvalue weighted by Gasteiger charge is -2.24. The molecule has 1 atom stereocenters. The minimum atomic E-state index is -3.72. The molecule has 26 heavy (non-hydrogen) atoms. The van der Waals surface area contributed by atoms with Gasteiger partial charge in [-0.2, -0.15) is 8.42 Å². The molecule has 136 valence electrons. The number of amidine groups is 1. The van der Waals surface area contributed by atoms with E-state index in [9.17, 15) is 13.2 Å². The Balaban J connectivity index is 1.55. The van der Waals surface area contributed by atoms with Crippen LogP contribution >= 0.6 is 0 Å². The van der Waals surface area contributed by atoms with Crippen molar-refractivity contribution in [1.29, 1.82) is 0 Å². The summed E-state index contributed by atoms with van der Waals surface area (Å²) in [7, 11) is -3.72. The van der Waals surface area contributed by atoms with Crippen molar-refractivity contribution >= 4 is 21.8 Å². The maximum Gasteiger partial charge on any atom is 0.329 e. The van der Waals surface area contributed by atoms with Crippen molar-refractivity contribution in [3.63, 3.8) is 0 Å². The standard InChI is InChI=1S/C17H17N3O5S/c1-11-9-12(25-18-11)10-24-17(21)14-6-4-8-20(14)16-13-5-2-3-7-15(13)26(22,23)19-16/h2-3,5,7,9,14H,4,6,8,10H2,1H3/t14-/m1/s1. The zero-order valence-electron chi connectivity index (χ0n) is 14.1. The van der Waals surface area contributed by atoms with Gasteiger partial charge in [0.15, 0.2) is 18.2 Å². The molecule has 4 rings (SSSR count). The number of carbonyl (C=O) groups is 1. The monoisotopic (exact) mass is 375 g/mol. The van der Waals surface area contributed by atoms with E-state index in [2.05, 4.69) is 9.55 Å².